The van der Waals surface area contributed by atoms with E-state index in [1.54, 1.807) is 0 Å². The largest absolute Gasteiger partial charge is 0.550 e. The Bertz CT molecular complexity index is 307. The zero-order valence-electron chi connectivity index (χ0n) is 7.36. The quantitative estimate of drug-likeness (QED) is 0.522. The van der Waals surface area contributed by atoms with Crippen molar-refractivity contribution < 1.29 is 14.8 Å². The number of carboxylic acids is 1. The first-order valence-electron chi connectivity index (χ1n) is 3.98. The molecule has 1 unspecified atom stereocenters. The van der Waals surface area contributed by atoms with Crippen LogP contribution in [0.25, 0.3) is 0 Å². The number of allylic oxidation sites excluding steroid dienone is 5. The number of aliphatic carboxylic acids is 1. The van der Waals surface area contributed by atoms with Crippen molar-refractivity contribution in [3.05, 3.63) is 48.5 Å². The molecule has 0 saturated carbocycles. The predicted molar refractivity (Wildman–Crippen MR) is 47.1 cm³/mol. The zero-order chi connectivity index (χ0) is 9.68. The van der Waals surface area contributed by atoms with Crippen LogP contribution >= 0.6 is 0 Å². The monoisotopic (exact) mass is 177 g/mol. The zero-order valence-corrected chi connectivity index (χ0v) is 7.36. The molecular formula is C10H11NO2. The maximum absolute atomic E-state index is 8.89. The van der Waals surface area contributed by atoms with Crippen LogP contribution in [0.4, 0.5) is 0 Å². The molecule has 2 aliphatic heterocycles. The van der Waals surface area contributed by atoms with E-state index >= 15 is 0 Å². The predicted octanol–water partition coefficient (Wildman–Crippen LogP) is -0.878. The van der Waals surface area contributed by atoms with Gasteiger partial charge in [0.15, 0.2) is 0 Å². The van der Waals surface area contributed by atoms with E-state index in [0.29, 0.717) is 0 Å². The van der Waals surface area contributed by atoms with E-state index in [0.717, 1.165) is 6.92 Å². The molecule has 3 nitrogen and oxygen atoms in total. The van der Waals surface area contributed by atoms with Gasteiger partial charge in [-0.25, -0.2) is 0 Å². The van der Waals surface area contributed by atoms with Crippen LogP contribution in [-0.2, 0) is 4.79 Å². The average molecular weight is 177 g/mol. The number of carbonyl (C=O) groups excluding carboxylic acids is 1. The lowest BCUT2D eigenvalue weighted by atomic mass is 10.3. The second-order valence-corrected chi connectivity index (χ2v) is 2.65. The first-order valence-corrected chi connectivity index (χ1v) is 3.98. The Labute approximate surface area is 77.0 Å². The number of hydrogen-bond donors (Lipinski definition) is 1. The van der Waals surface area contributed by atoms with Gasteiger partial charge < -0.3 is 9.90 Å². The smallest absolute Gasteiger partial charge is 0.140 e. The molecule has 0 radical (unpaired) electrons. The summed E-state index contributed by atoms with van der Waals surface area (Å²) in [6.45, 7) is 0.972. The van der Waals surface area contributed by atoms with Crippen molar-refractivity contribution in [3.8, 4) is 0 Å². The van der Waals surface area contributed by atoms with Crippen molar-refractivity contribution in [2.75, 3.05) is 0 Å². The summed E-state index contributed by atoms with van der Waals surface area (Å²) in [4.78, 5) is 10.2. The lowest BCUT2D eigenvalue weighted by Gasteiger charge is -2.06. The lowest BCUT2D eigenvalue weighted by Crippen LogP contribution is -2.99. The number of hydrogen-bond acceptors (Lipinski definition) is 2. The minimum atomic E-state index is -1.08. The fraction of sp³-hybridized carbons (Fsp3) is 0.100. The molecule has 2 rings (SSSR count). The number of carbonyl (C=O) groups is 1. The maximum atomic E-state index is 8.89. The van der Waals surface area contributed by atoms with Crippen molar-refractivity contribution in [2.24, 2.45) is 0 Å². The second kappa shape index (κ2) is 4.42. The van der Waals surface area contributed by atoms with Gasteiger partial charge in [0.1, 0.15) is 18.1 Å². The highest BCUT2D eigenvalue weighted by molar-refractivity contribution is 5.60. The molecule has 3 heteroatoms. The molecule has 0 aromatic rings. The lowest BCUT2D eigenvalue weighted by molar-refractivity contribution is -0.739. The third-order valence-electron chi connectivity index (χ3n) is 1.55. The van der Waals surface area contributed by atoms with Crippen molar-refractivity contribution >= 4 is 5.97 Å². The topological polar surface area (TPSA) is 44.6 Å². The van der Waals surface area contributed by atoms with Gasteiger partial charge in [-0.3, -0.25) is 4.90 Å². The number of carboxylic acid groups (broad SMARTS) is 1. The Morgan fingerprint density at radius 1 is 1.31 bits per heavy atom. The summed E-state index contributed by atoms with van der Waals surface area (Å²) in [5, 5.41) is 8.89. The van der Waals surface area contributed by atoms with Gasteiger partial charge in [0.2, 0.25) is 0 Å². The van der Waals surface area contributed by atoms with Crippen molar-refractivity contribution in [1.82, 2.24) is 0 Å². The summed E-state index contributed by atoms with van der Waals surface area (Å²) in [7, 11) is 0. The van der Waals surface area contributed by atoms with E-state index in [-0.39, 0.29) is 0 Å². The molecule has 2 aliphatic rings. The molecule has 1 atom stereocenters. The summed E-state index contributed by atoms with van der Waals surface area (Å²) < 4.78 is 0. The fourth-order valence-electron chi connectivity index (χ4n) is 1.07. The first-order chi connectivity index (χ1) is 6.20. The summed E-state index contributed by atoms with van der Waals surface area (Å²) in [5.41, 5.74) is 1.33. The minimum Gasteiger partial charge on any atom is -0.550 e. The fourth-order valence-corrected chi connectivity index (χ4v) is 1.07. The molecule has 0 saturated heterocycles. The molecule has 0 aromatic heterocycles. The number of fused-ring (bicyclic) bond motifs is 1. The molecule has 0 bridgehead atoms. The third kappa shape index (κ3) is 3.09. The van der Waals surface area contributed by atoms with Crippen molar-refractivity contribution in [1.29, 1.82) is 0 Å². The van der Waals surface area contributed by atoms with Crippen LogP contribution in [0.2, 0.25) is 0 Å². The SMILES string of the molecule is C1=CC2=CC=C[NH+]2C=C1.CC(=O)[O-]. The normalized spacial score (nSPS) is 21.6. The molecule has 0 amide bonds. The molecule has 0 spiro atoms. The van der Waals surface area contributed by atoms with Gasteiger partial charge in [-0.15, -0.1) is 0 Å². The van der Waals surface area contributed by atoms with E-state index in [1.807, 2.05) is 0 Å². The molecule has 0 aromatic carbocycles. The maximum Gasteiger partial charge on any atom is 0.140 e. The Balaban J connectivity index is 0.000000184. The van der Waals surface area contributed by atoms with Gasteiger partial charge in [-0.1, -0.05) is 6.08 Å². The molecule has 1 N–H and O–H groups in total. The van der Waals surface area contributed by atoms with Gasteiger partial charge in [0.25, 0.3) is 0 Å². The molecule has 0 aliphatic carbocycles. The number of quaternary nitrogens is 1. The Morgan fingerprint density at radius 2 is 1.92 bits per heavy atom. The van der Waals surface area contributed by atoms with Gasteiger partial charge in [0, 0.05) is 18.1 Å². The van der Waals surface area contributed by atoms with E-state index in [9.17, 15) is 0 Å². The van der Waals surface area contributed by atoms with Crippen LogP contribution in [0.5, 0.6) is 0 Å². The van der Waals surface area contributed by atoms with Crippen LogP contribution < -0.4 is 10.0 Å². The molecule has 68 valence electrons. The highest BCUT2D eigenvalue weighted by atomic mass is 16.4. The first kappa shape index (κ1) is 9.48. The highest BCUT2D eigenvalue weighted by Gasteiger charge is 2.11. The van der Waals surface area contributed by atoms with E-state index in [4.69, 9.17) is 9.90 Å². The van der Waals surface area contributed by atoms with Crippen LogP contribution in [0, 0.1) is 0 Å². The molecule has 2 heterocycles. The minimum absolute atomic E-state index is 0.972. The standard InChI is InChI=1S/C8H7N.C2H4O2/c1-2-6-9-7-3-5-8(9)4-1;1-2(3)4/h1-7H;1H3,(H,3,4). The Morgan fingerprint density at radius 3 is 2.54 bits per heavy atom. The van der Waals surface area contributed by atoms with Crippen LogP contribution in [0.15, 0.2) is 48.5 Å². The molecular weight excluding hydrogens is 166 g/mol. The summed E-state index contributed by atoms with van der Waals surface area (Å²) in [5.74, 6) is -1.08. The van der Waals surface area contributed by atoms with Gasteiger partial charge in [0.05, 0.1) is 0 Å². The van der Waals surface area contributed by atoms with Gasteiger partial charge in [-0.2, -0.15) is 0 Å². The van der Waals surface area contributed by atoms with E-state index < -0.39 is 5.97 Å². The molecule has 0 fully saturated rings. The summed E-state index contributed by atoms with van der Waals surface area (Å²) >= 11 is 0. The van der Waals surface area contributed by atoms with Gasteiger partial charge >= 0.3 is 0 Å². The summed E-state index contributed by atoms with van der Waals surface area (Å²) in [6, 6.07) is 0. The third-order valence-corrected chi connectivity index (χ3v) is 1.55. The van der Waals surface area contributed by atoms with Crippen molar-refractivity contribution in [2.45, 2.75) is 6.92 Å². The Kier molecular flexibility index (Phi) is 3.23. The molecule has 13 heavy (non-hydrogen) atoms. The van der Waals surface area contributed by atoms with Crippen molar-refractivity contribution in [3.63, 3.8) is 0 Å². The van der Waals surface area contributed by atoms with E-state index in [1.165, 1.54) is 10.6 Å². The van der Waals surface area contributed by atoms with E-state index in [2.05, 4.69) is 42.8 Å². The van der Waals surface area contributed by atoms with Crippen LogP contribution in [0.3, 0.4) is 0 Å². The van der Waals surface area contributed by atoms with Crippen LogP contribution in [-0.4, -0.2) is 5.97 Å². The average Bonchev–Trinajstić information content (AvgIpc) is 2.49. The number of nitrogens with one attached hydrogen (secondary N) is 1. The van der Waals surface area contributed by atoms with Gasteiger partial charge in [-0.05, 0) is 19.1 Å². The summed E-state index contributed by atoms with van der Waals surface area (Å²) in [6.07, 6.45) is 14.7. The second-order valence-electron chi connectivity index (χ2n) is 2.65. The Hall–Kier alpha value is -1.61. The number of rotatable bonds is 0. The van der Waals surface area contributed by atoms with Crippen LogP contribution in [0.1, 0.15) is 6.92 Å². The highest BCUT2D eigenvalue weighted by Crippen LogP contribution is 1.97.